The number of benzene rings is 3. The zero-order valence-electron chi connectivity index (χ0n) is 35.0. The summed E-state index contributed by atoms with van der Waals surface area (Å²) in [4.78, 5) is 53.7. The molecule has 4 aliphatic rings. The van der Waals surface area contributed by atoms with Crippen molar-refractivity contribution in [1.29, 1.82) is 0 Å². The molecule has 3 aromatic carbocycles. The number of hydrogen-bond acceptors (Lipinski definition) is 9. The van der Waals surface area contributed by atoms with Crippen molar-refractivity contribution in [2.45, 2.75) is 46.1 Å². The number of rotatable bonds is 8. The van der Waals surface area contributed by atoms with E-state index in [9.17, 15) is 14.4 Å². The number of urea groups is 1. The van der Waals surface area contributed by atoms with Crippen LogP contribution in [0.25, 0.3) is 22.3 Å². The number of hydrogen-bond donors (Lipinski definition) is 4. The highest BCUT2D eigenvalue weighted by Gasteiger charge is 2.28. The molecule has 10 rings (SSSR count). The van der Waals surface area contributed by atoms with Crippen molar-refractivity contribution in [2.75, 3.05) is 77.7 Å². The van der Waals surface area contributed by atoms with Crippen molar-refractivity contribution in [2.24, 2.45) is 5.92 Å². The molecule has 0 aliphatic carbocycles. The van der Waals surface area contributed by atoms with Gasteiger partial charge in [0.2, 0.25) is 5.91 Å². The molecule has 0 radical (unpaired) electrons. The van der Waals surface area contributed by atoms with Gasteiger partial charge in [-0.15, -0.1) is 0 Å². The Hall–Kier alpha value is -6.74. The van der Waals surface area contributed by atoms with Gasteiger partial charge in [-0.3, -0.25) is 24.7 Å². The number of pyridine rings is 1. The number of nitrogens with zero attached hydrogens (tertiary/aromatic N) is 7. The lowest BCUT2D eigenvalue weighted by molar-refractivity contribution is -0.120. The van der Waals surface area contributed by atoms with Gasteiger partial charge in [0.05, 0.1) is 11.0 Å². The molecule has 3 saturated heterocycles. The number of anilines is 6. The van der Waals surface area contributed by atoms with Crippen LogP contribution in [0.15, 0.2) is 79.0 Å². The molecular weight excluding hydrogens is 786 g/mol. The maximum atomic E-state index is 16.1. The highest BCUT2D eigenvalue weighted by molar-refractivity contribution is 6.06. The normalized spacial score (nSPS) is 17.4. The van der Waals surface area contributed by atoms with Crippen molar-refractivity contribution in [3.8, 4) is 11.3 Å². The van der Waals surface area contributed by atoms with Crippen LogP contribution in [0.4, 0.5) is 43.6 Å². The van der Waals surface area contributed by atoms with Crippen LogP contribution in [-0.4, -0.2) is 94.9 Å². The minimum absolute atomic E-state index is 0.222. The molecule has 14 nitrogen and oxygen atoms in total. The van der Waals surface area contributed by atoms with Gasteiger partial charge in [0.1, 0.15) is 23.1 Å². The van der Waals surface area contributed by atoms with E-state index in [1.165, 1.54) is 16.9 Å². The molecular formula is C47H50FN11O3. The Morgan fingerprint density at radius 3 is 2.34 bits per heavy atom. The number of nitrogens with one attached hydrogen (secondary N) is 4. The van der Waals surface area contributed by atoms with Crippen LogP contribution >= 0.6 is 0 Å². The molecule has 7 heterocycles. The van der Waals surface area contributed by atoms with E-state index in [2.05, 4.69) is 70.9 Å². The SMILES string of the molecule is Cc1c(C(=O)Nc2ccc3[nH]ccc3n2)ccc(-c2nn3c(c2C)Nc2ccc(N4CCN(CC5CCN(c6ccc(N7CCC(=O)NC7=O)cc6)CC5)CC4)cc2CC3)c1F. The summed E-state index contributed by atoms with van der Waals surface area (Å²) in [7, 11) is 0. The minimum atomic E-state index is -0.468. The number of imide groups is 1. The number of aryl methyl sites for hydroxylation is 2. The summed E-state index contributed by atoms with van der Waals surface area (Å²) in [5.41, 5.74) is 9.35. The topological polar surface area (TPSA) is 147 Å². The first-order valence-corrected chi connectivity index (χ1v) is 21.6. The second-order valence-electron chi connectivity index (χ2n) is 16.9. The number of piperazine rings is 1. The predicted molar refractivity (Wildman–Crippen MR) is 240 cm³/mol. The third kappa shape index (κ3) is 7.61. The third-order valence-corrected chi connectivity index (χ3v) is 13.1. The monoisotopic (exact) mass is 835 g/mol. The van der Waals surface area contributed by atoms with E-state index in [4.69, 9.17) is 5.10 Å². The molecule has 0 bridgehead atoms. The van der Waals surface area contributed by atoms with E-state index in [0.29, 0.717) is 42.5 Å². The number of carbonyl (C=O) groups is 3. The number of piperidine rings is 1. The number of H-pyrrole nitrogens is 1. The van der Waals surface area contributed by atoms with Crippen LogP contribution in [0.2, 0.25) is 0 Å². The van der Waals surface area contributed by atoms with Gasteiger partial charge in [-0.05, 0) is 123 Å². The maximum Gasteiger partial charge on any atom is 0.328 e. The quantitative estimate of drug-likeness (QED) is 0.125. The van der Waals surface area contributed by atoms with E-state index < -0.39 is 11.7 Å². The fourth-order valence-electron chi connectivity index (χ4n) is 9.47. The molecule has 6 aromatic rings. The van der Waals surface area contributed by atoms with E-state index in [1.807, 2.05) is 35.9 Å². The Bertz CT molecular complexity index is 2690. The summed E-state index contributed by atoms with van der Waals surface area (Å²) < 4.78 is 18.0. The summed E-state index contributed by atoms with van der Waals surface area (Å²) in [6, 6.07) is 23.1. The van der Waals surface area contributed by atoms with Gasteiger partial charge in [0, 0.05) is 111 Å². The lowest BCUT2D eigenvalue weighted by Gasteiger charge is -2.40. The Morgan fingerprint density at radius 1 is 0.790 bits per heavy atom. The highest BCUT2D eigenvalue weighted by Crippen LogP contribution is 2.37. The summed E-state index contributed by atoms with van der Waals surface area (Å²) in [5, 5.41) is 13.7. The van der Waals surface area contributed by atoms with Gasteiger partial charge in [-0.1, -0.05) is 0 Å². The molecule has 15 heteroatoms. The van der Waals surface area contributed by atoms with Crippen LogP contribution < -0.4 is 30.7 Å². The molecule has 0 saturated carbocycles. The molecule has 62 heavy (non-hydrogen) atoms. The molecule has 0 unspecified atom stereocenters. The molecule has 0 spiro atoms. The van der Waals surface area contributed by atoms with Crippen LogP contribution in [0.1, 0.15) is 46.3 Å². The third-order valence-electron chi connectivity index (χ3n) is 13.1. The van der Waals surface area contributed by atoms with Gasteiger partial charge >= 0.3 is 6.03 Å². The van der Waals surface area contributed by atoms with Crippen molar-refractivity contribution in [3.05, 3.63) is 107 Å². The Kier molecular flexibility index (Phi) is 10.3. The van der Waals surface area contributed by atoms with Crippen molar-refractivity contribution in [3.63, 3.8) is 0 Å². The predicted octanol–water partition coefficient (Wildman–Crippen LogP) is 7.22. The number of amides is 4. The average molecular weight is 836 g/mol. The Morgan fingerprint density at radius 2 is 1.55 bits per heavy atom. The standard InChI is InChI=1S/C47H50FN11O3/c1-29-36(46(61)52-41-12-11-39-40(50-41)13-18-49-39)8-9-37(43(29)48)44-30(2)45-51-38-10-7-35(27-32(38)16-22-59(45)54-44)57-25-23-55(24-26-57)28-31-14-19-56(20-15-31)33-3-5-34(6-4-33)58-21-17-42(60)53-47(58)62/h3-13,18,27,31,49,51H,14-17,19-26,28H2,1-2H3,(H,50,52,61)(H,53,60,62). The van der Waals surface area contributed by atoms with Gasteiger partial charge < -0.3 is 25.4 Å². The zero-order valence-corrected chi connectivity index (χ0v) is 35.0. The summed E-state index contributed by atoms with van der Waals surface area (Å²) in [6.45, 7) is 11.8. The number of fused-ring (bicyclic) bond motifs is 3. The summed E-state index contributed by atoms with van der Waals surface area (Å²) in [5.74, 6) is 0.800. The van der Waals surface area contributed by atoms with Crippen LogP contribution in [0, 0.1) is 25.6 Å². The second-order valence-corrected chi connectivity index (χ2v) is 16.9. The van der Waals surface area contributed by atoms with Crippen LogP contribution in [-0.2, 0) is 17.8 Å². The molecule has 0 atom stereocenters. The average Bonchev–Trinajstić information content (AvgIpc) is 3.82. The van der Waals surface area contributed by atoms with Gasteiger partial charge in [-0.2, -0.15) is 5.10 Å². The summed E-state index contributed by atoms with van der Waals surface area (Å²) >= 11 is 0. The molecule has 3 fully saturated rings. The smallest absolute Gasteiger partial charge is 0.328 e. The number of aromatic nitrogens is 4. The summed E-state index contributed by atoms with van der Waals surface area (Å²) in [6.07, 6.45) is 5.20. The first-order valence-electron chi connectivity index (χ1n) is 21.6. The zero-order chi connectivity index (χ0) is 42.5. The van der Waals surface area contributed by atoms with E-state index in [1.54, 1.807) is 36.2 Å². The van der Waals surface area contributed by atoms with E-state index in [0.717, 1.165) is 98.9 Å². The molecule has 318 valence electrons. The number of halogens is 1. The second kappa shape index (κ2) is 16.3. The lowest BCUT2D eigenvalue weighted by atomic mass is 9.95. The molecule has 4 amide bonds. The first-order chi connectivity index (χ1) is 30.1. The Labute approximate surface area is 359 Å². The van der Waals surface area contributed by atoms with Gasteiger partial charge in [0.15, 0.2) is 0 Å². The van der Waals surface area contributed by atoms with Crippen LogP contribution in [0.3, 0.4) is 0 Å². The minimum Gasteiger partial charge on any atom is -0.372 e. The highest BCUT2D eigenvalue weighted by atomic mass is 19.1. The fourth-order valence-corrected chi connectivity index (χ4v) is 9.47. The van der Waals surface area contributed by atoms with Gasteiger partial charge in [-0.25, -0.2) is 18.9 Å². The molecule has 4 N–H and O–H groups in total. The van der Waals surface area contributed by atoms with Gasteiger partial charge in [0.25, 0.3) is 5.91 Å². The van der Waals surface area contributed by atoms with Crippen molar-refractivity contribution in [1.82, 2.24) is 30.0 Å². The van der Waals surface area contributed by atoms with Crippen LogP contribution in [0.5, 0.6) is 0 Å². The largest absolute Gasteiger partial charge is 0.372 e. The first kappa shape index (κ1) is 39.4. The van der Waals surface area contributed by atoms with E-state index >= 15 is 4.39 Å². The molecule has 4 aliphatic heterocycles. The number of carbonyl (C=O) groups excluding carboxylic acids is 3. The number of aromatic amines is 1. The Balaban J connectivity index is 0.727. The lowest BCUT2D eigenvalue weighted by Crippen LogP contribution is -2.49. The van der Waals surface area contributed by atoms with Crippen molar-refractivity contribution < 1.29 is 18.8 Å². The molecule has 3 aromatic heterocycles. The fraction of sp³-hybridized carbons (Fsp3) is 0.340. The van der Waals surface area contributed by atoms with E-state index in [-0.39, 0.29) is 23.1 Å². The van der Waals surface area contributed by atoms with Crippen molar-refractivity contribution >= 4 is 63.3 Å². The maximum absolute atomic E-state index is 16.1.